The summed E-state index contributed by atoms with van der Waals surface area (Å²) in [5.41, 5.74) is 2.75. The second kappa shape index (κ2) is 9.56. The van der Waals surface area contributed by atoms with Gasteiger partial charge >= 0.3 is 0 Å². The van der Waals surface area contributed by atoms with E-state index >= 15 is 0 Å². The monoisotopic (exact) mass is 495 g/mol. The number of anilines is 1. The van der Waals surface area contributed by atoms with E-state index in [1.165, 1.54) is 12.8 Å². The Morgan fingerprint density at radius 3 is 2.54 bits per heavy atom. The Balaban J connectivity index is 1.47. The number of aromatic nitrogens is 3. The van der Waals surface area contributed by atoms with Crippen LogP contribution in [0.4, 0.5) is 5.82 Å². The summed E-state index contributed by atoms with van der Waals surface area (Å²) in [4.78, 5) is 36.8. The van der Waals surface area contributed by atoms with Crippen LogP contribution >= 0.6 is 0 Å². The Hall–Kier alpha value is -3.84. The van der Waals surface area contributed by atoms with Gasteiger partial charge in [0.15, 0.2) is 5.65 Å². The lowest BCUT2D eigenvalue weighted by atomic mass is 9.45. The van der Waals surface area contributed by atoms with Crippen LogP contribution in [-0.4, -0.2) is 70.7 Å². The van der Waals surface area contributed by atoms with Gasteiger partial charge in [0.2, 0.25) is 5.43 Å². The summed E-state index contributed by atoms with van der Waals surface area (Å²) in [7, 11) is 1.89. The van der Waals surface area contributed by atoms with Gasteiger partial charge in [-0.3, -0.25) is 14.0 Å². The van der Waals surface area contributed by atoms with Crippen LogP contribution in [0.2, 0.25) is 12.6 Å². The summed E-state index contributed by atoms with van der Waals surface area (Å²) in [6.45, 7) is 4.99. The molecular weight excluding hydrogens is 465 g/mol. The lowest BCUT2D eigenvalue weighted by Gasteiger charge is -2.29. The number of hydrogen-bond acceptors (Lipinski definition) is 6. The van der Waals surface area contributed by atoms with Gasteiger partial charge in [0.25, 0.3) is 12.6 Å². The third kappa shape index (κ3) is 4.04. The molecule has 2 aliphatic rings. The van der Waals surface area contributed by atoms with Gasteiger partial charge < -0.3 is 19.7 Å². The van der Waals surface area contributed by atoms with E-state index in [1.54, 1.807) is 6.07 Å². The normalized spacial score (nSPS) is 16.6. The number of benzene rings is 1. The fourth-order valence-electron chi connectivity index (χ4n) is 5.87. The van der Waals surface area contributed by atoms with Crippen molar-refractivity contribution in [3.05, 3.63) is 52.2 Å². The molecule has 1 N–H and O–H groups in total. The number of pyridine rings is 2. The first kappa shape index (κ1) is 23.6. The zero-order valence-corrected chi connectivity index (χ0v) is 21.1. The standard InChI is InChI=1S/C27H30BN7O2/c1-32-20-6-2-3-7-21(20)35-25-19(8-9-22(31-25)34-15-10-28(18-29)11-16-34)24(36)23(27(32)35)26(37)30-12-17-33-13-4-5-14-33/h2-3,6-9H,4-5,10-17H2,1H3,(H,30,37). The minimum absolute atomic E-state index is 0.0793. The van der Waals surface area contributed by atoms with Gasteiger partial charge in [-0.05, 0) is 62.8 Å². The predicted molar refractivity (Wildman–Crippen MR) is 147 cm³/mol. The maximum Gasteiger partial charge on any atom is 0.271 e. The highest BCUT2D eigenvalue weighted by Crippen LogP contribution is 2.27. The van der Waals surface area contributed by atoms with Crippen LogP contribution in [-0.2, 0) is 7.05 Å². The molecule has 0 radical (unpaired) electrons. The third-order valence-electron chi connectivity index (χ3n) is 7.92. The largest absolute Gasteiger partial charge is 0.358 e. The molecule has 37 heavy (non-hydrogen) atoms. The van der Waals surface area contributed by atoms with Gasteiger partial charge in [-0.2, -0.15) is 0 Å². The van der Waals surface area contributed by atoms with Crippen molar-refractivity contribution in [1.82, 2.24) is 24.2 Å². The Morgan fingerprint density at radius 2 is 1.81 bits per heavy atom. The molecule has 5 heterocycles. The highest BCUT2D eigenvalue weighted by molar-refractivity contribution is 6.67. The molecule has 9 nitrogen and oxygen atoms in total. The van der Waals surface area contributed by atoms with Gasteiger partial charge in [-0.15, -0.1) is 0 Å². The molecule has 0 saturated carbocycles. The van der Waals surface area contributed by atoms with Crippen molar-refractivity contribution in [1.29, 1.82) is 5.26 Å². The molecule has 10 heteroatoms. The minimum atomic E-state index is -0.350. The van der Waals surface area contributed by atoms with E-state index < -0.39 is 0 Å². The fraction of sp³-hybridized carbons (Fsp3) is 0.407. The number of amides is 1. The van der Waals surface area contributed by atoms with Crippen LogP contribution in [0, 0.1) is 11.2 Å². The third-order valence-corrected chi connectivity index (χ3v) is 7.92. The number of fused-ring (bicyclic) bond motifs is 5. The fourth-order valence-corrected chi connectivity index (χ4v) is 5.87. The van der Waals surface area contributed by atoms with Crippen LogP contribution in [0.1, 0.15) is 23.2 Å². The molecule has 2 saturated heterocycles. The molecule has 0 unspecified atom stereocenters. The van der Waals surface area contributed by atoms with Gasteiger partial charge in [-0.1, -0.05) is 12.1 Å². The number of carbonyl (C=O) groups excluding carboxylic acids is 1. The van der Waals surface area contributed by atoms with Crippen molar-refractivity contribution < 1.29 is 4.79 Å². The molecule has 2 aliphatic heterocycles. The minimum Gasteiger partial charge on any atom is -0.358 e. The summed E-state index contributed by atoms with van der Waals surface area (Å²) in [5, 5.41) is 12.7. The quantitative estimate of drug-likeness (QED) is 0.428. The van der Waals surface area contributed by atoms with Crippen LogP contribution < -0.4 is 15.6 Å². The van der Waals surface area contributed by atoms with Gasteiger partial charge in [0.05, 0.1) is 16.4 Å². The molecular formula is C27H30BN7O2. The number of carbonyl (C=O) groups is 1. The lowest BCUT2D eigenvalue weighted by Crippen LogP contribution is -2.37. The molecule has 188 valence electrons. The smallest absolute Gasteiger partial charge is 0.271 e. The molecule has 0 atom stereocenters. The number of rotatable bonds is 5. The number of nitrogens with zero attached hydrogens (tertiary/aromatic N) is 6. The zero-order chi connectivity index (χ0) is 25.5. The van der Waals surface area contributed by atoms with E-state index in [4.69, 9.17) is 4.98 Å². The molecule has 6 rings (SSSR count). The second-order valence-electron chi connectivity index (χ2n) is 10.1. The first-order valence-electron chi connectivity index (χ1n) is 13.1. The lowest BCUT2D eigenvalue weighted by molar-refractivity contribution is 0.0950. The second-order valence-corrected chi connectivity index (χ2v) is 10.1. The van der Waals surface area contributed by atoms with E-state index in [2.05, 4.69) is 21.1 Å². The number of hydrogen-bond donors (Lipinski definition) is 1. The van der Waals surface area contributed by atoms with Crippen LogP contribution in [0.25, 0.3) is 27.7 Å². The first-order valence-corrected chi connectivity index (χ1v) is 13.1. The Kier molecular flexibility index (Phi) is 6.09. The van der Waals surface area contributed by atoms with Crippen LogP contribution in [0.3, 0.4) is 0 Å². The van der Waals surface area contributed by atoms with Crippen molar-refractivity contribution in [2.75, 3.05) is 44.2 Å². The predicted octanol–water partition coefficient (Wildman–Crippen LogP) is 2.54. The maximum atomic E-state index is 13.8. The van der Waals surface area contributed by atoms with Crippen LogP contribution in [0.15, 0.2) is 41.2 Å². The summed E-state index contributed by atoms with van der Waals surface area (Å²) < 4.78 is 3.87. The molecule has 0 bridgehead atoms. The molecule has 1 aromatic carbocycles. The van der Waals surface area contributed by atoms with Crippen LogP contribution in [0.5, 0.6) is 0 Å². The van der Waals surface area contributed by atoms with E-state index in [-0.39, 0.29) is 23.6 Å². The Bertz CT molecular complexity index is 1600. The van der Waals surface area contributed by atoms with Crippen molar-refractivity contribution in [3.8, 4) is 5.97 Å². The molecule has 1 amide bonds. The molecule has 4 aromatic rings. The number of nitriles is 1. The first-order chi connectivity index (χ1) is 18.1. The Morgan fingerprint density at radius 1 is 1.08 bits per heavy atom. The van der Waals surface area contributed by atoms with Gasteiger partial charge in [0.1, 0.15) is 17.0 Å². The van der Waals surface area contributed by atoms with E-state index in [0.29, 0.717) is 23.2 Å². The van der Waals surface area contributed by atoms with Crippen molar-refractivity contribution in [2.45, 2.75) is 25.5 Å². The maximum absolute atomic E-state index is 13.8. The molecule has 2 fully saturated rings. The van der Waals surface area contributed by atoms with E-state index in [1.807, 2.05) is 46.3 Å². The number of imidazole rings is 1. The van der Waals surface area contributed by atoms with Crippen molar-refractivity contribution in [2.24, 2.45) is 7.05 Å². The van der Waals surface area contributed by atoms with Crippen molar-refractivity contribution >= 4 is 46.2 Å². The number of aryl methyl sites for hydroxylation is 1. The zero-order valence-electron chi connectivity index (χ0n) is 21.1. The number of para-hydroxylation sites is 2. The number of nitrogens with one attached hydrogen (secondary N) is 1. The summed E-state index contributed by atoms with van der Waals surface area (Å²) in [5.74, 6) is 2.81. The highest BCUT2D eigenvalue weighted by Gasteiger charge is 2.27. The van der Waals surface area contributed by atoms with E-state index in [0.717, 1.165) is 62.2 Å². The summed E-state index contributed by atoms with van der Waals surface area (Å²) in [6, 6.07) is 11.6. The average Bonchev–Trinajstić information content (AvgIpc) is 3.55. The van der Waals surface area contributed by atoms with E-state index in [9.17, 15) is 14.9 Å². The average molecular weight is 495 g/mol. The van der Waals surface area contributed by atoms with Crippen molar-refractivity contribution in [3.63, 3.8) is 0 Å². The van der Waals surface area contributed by atoms with Gasteiger partial charge in [-0.25, -0.2) is 10.2 Å². The number of likely N-dealkylation sites (tertiary alicyclic amines) is 1. The summed E-state index contributed by atoms with van der Waals surface area (Å²) >= 11 is 0. The SMILES string of the molecule is Cn1c2ccccc2n2c3nc(N4CCB(C#N)CC4)ccc3c(=O)c(C(=O)NCCN3CCCC3)c12. The summed E-state index contributed by atoms with van der Waals surface area (Å²) in [6.07, 6.45) is 4.00. The molecule has 3 aromatic heterocycles. The highest BCUT2D eigenvalue weighted by atomic mass is 16.2. The Labute approximate surface area is 215 Å². The molecule has 0 aliphatic carbocycles. The van der Waals surface area contributed by atoms with Gasteiger partial charge in [0, 0.05) is 39.2 Å². The topological polar surface area (TPSA) is 98.7 Å². The molecule has 0 spiro atoms.